The van der Waals surface area contributed by atoms with Crippen LogP contribution in [0.25, 0.3) is 0 Å². The molecule has 0 radical (unpaired) electrons. The average molecular weight is 320 g/mol. The van der Waals surface area contributed by atoms with Crippen LogP contribution in [0.3, 0.4) is 0 Å². The lowest BCUT2D eigenvalue weighted by atomic mass is 10.3. The molecule has 1 aromatic carbocycles. The van der Waals surface area contributed by atoms with Gasteiger partial charge in [-0.2, -0.15) is 4.31 Å². The molecule has 0 unspecified atom stereocenters. The Bertz CT molecular complexity index is 513. The highest BCUT2D eigenvalue weighted by molar-refractivity contribution is 9.10. The number of hydrogen-bond acceptors (Lipinski definition) is 3. The van der Waals surface area contributed by atoms with Gasteiger partial charge in [-0.3, -0.25) is 0 Å². The van der Waals surface area contributed by atoms with E-state index < -0.39 is 10.0 Å². The number of sulfonamides is 1. The number of hydrogen-bond donors (Lipinski definition) is 0. The zero-order valence-electron chi connectivity index (χ0n) is 9.68. The molecule has 0 N–H and O–H groups in total. The molecule has 0 aliphatic heterocycles. The van der Waals surface area contributed by atoms with Crippen LogP contribution < -0.4 is 4.74 Å². The molecule has 0 saturated carbocycles. The van der Waals surface area contributed by atoms with Gasteiger partial charge < -0.3 is 4.74 Å². The van der Waals surface area contributed by atoms with E-state index >= 15 is 0 Å². The third kappa shape index (κ3) is 3.08. The van der Waals surface area contributed by atoms with Gasteiger partial charge in [0.1, 0.15) is 5.75 Å². The summed E-state index contributed by atoms with van der Waals surface area (Å²) in [6.45, 7) is 3.79. The third-order valence-corrected chi connectivity index (χ3v) is 4.66. The van der Waals surface area contributed by atoms with E-state index in [2.05, 4.69) is 22.5 Å². The van der Waals surface area contributed by atoms with Crippen molar-refractivity contribution in [1.82, 2.24) is 4.31 Å². The number of ether oxygens (including phenoxy) is 1. The van der Waals surface area contributed by atoms with E-state index in [0.29, 0.717) is 10.2 Å². The SMILES string of the molecule is C=CCN(C)S(=O)(=O)c1ccc(OC)c(Br)c1. The van der Waals surface area contributed by atoms with Crippen molar-refractivity contribution < 1.29 is 13.2 Å². The fraction of sp³-hybridized carbons (Fsp3) is 0.273. The van der Waals surface area contributed by atoms with Crippen LogP contribution in [0.5, 0.6) is 5.75 Å². The third-order valence-electron chi connectivity index (χ3n) is 2.22. The molecule has 0 bridgehead atoms. The second-order valence-electron chi connectivity index (χ2n) is 3.37. The summed E-state index contributed by atoms with van der Waals surface area (Å²) in [5.41, 5.74) is 0. The maximum Gasteiger partial charge on any atom is 0.243 e. The zero-order chi connectivity index (χ0) is 13.1. The number of likely N-dealkylation sites (N-methyl/N-ethyl adjacent to an activating group) is 1. The number of rotatable bonds is 5. The predicted molar refractivity (Wildman–Crippen MR) is 70.7 cm³/mol. The van der Waals surface area contributed by atoms with Crippen LogP contribution in [0, 0.1) is 0 Å². The van der Waals surface area contributed by atoms with Crippen LogP contribution in [0.2, 0.25) is 0 Å². The van der Waals surface area contributed by atoms with E-state index in [1.165, 1.54) is 36.7 Å². The van der Waals surface area contributed by atoms with Gasteiger partial charge in [0, 0.05) is 13.6 Å². The Labute approximate surface area is 110 Å². The van der Waals surface area contributed by atoms with Gasteiger partial charge in [0.05, 0.1) is 16.5 Å². The quantitative estimate of drug-likeness (QED) is 0.782. The minimum absolute atomic E-state index is 0.217. The van der Waals surface area contributed by atoms with E-state index in [0.717, 1.165) is 0 Å². The highest BCUT2D eigenvalue weighted by Gasteiger charge is 2.20. The smallest absolute Gasteiger partial charge is 0.243 e. The fourth-order valence-corrected chi connectivity index (χ4v) is 3.13. The second-order valence-corrected chi connectivity index (χ2v) is 6.27. The summed E-state index contributed by atoms with van der Waals surface area (Å²) >= 11 is 3.26. The number of methoxy groups -OCH3 is 1. The highest BCUT2D eigenvalue weighted by atomic mass is 79.9. The number of benzene rings is 1. The summed E-state index contributed by atoms with van der Waals surface area (Å²) in [6.07, 6.45) is 1.54. The summed E-state index contributed by atoms with van der Waals surface area (Å²) in [4.78, 5) is 0.217. The first-order valence-electron chi connectivity index (χ1n) is 4.84. The molecule has 6 heteroatoms. The number of nitrogens with zero attached hydrogens (tertiary/aromatic N) is 1. The van der Waals surface area contributed by atoms with Gasteiger partial charge in [0.25, 0.3) is 0 Å². The van der Waals surface area contributed by atoms with E-state index in [4.69, 9.17) is 4.74 Å². The van der Waals surface area contributed by atoms with Crippen molar-refractivity contribution in [3.05, 3.63) is 35.3 Å². The van der Waals surface area contributed by atoms with Crippen molar-refractivity contribution in [2.75, 3.05) is 20.7 Å². The molecule has 0 fully saturated rings. The molecule has 0 aliphatic carbocycles. The van der Waals surface area contributed by atoms with Crippen LogP contribution in [0.15, 0.2) is 40.2 Å². The van der Waals surface area contributed by atoms with Crippen molar-refractivity contribution in [1.29, 1.82) is 0 Å². The second kappa shape index (κ2) is 5.66. The Morgan fingerprint density at radius 1 is 1.53 bits per heavy atom. The summed E-state index contributed by atoms with van der Waals surface area (Å²) in [5.74, 6) is 0.593. The molecule has 0 heterocycles. The lowest BCUT2D eigenvalue weighted by Gasteiger charge is -2.15. The van der Waals surface area contributed by atoms with Crippen LogP contribution in [-0.2, 0) is 10.0 Å². The Morgan fingerprint density at radius 2 is 2.18 bits per heavy atom. The molecule has 17 heavy (non-hydrogen) atoms. The molecule has 94 valence electrons. The van der Waals surface area contributed by atoms with Crippen molar-refractivity contribution in [2.24, 2.45) is 0 Å². The summed E-state index contributed by atoms with van der Waals surface area (Å²) < 4.78 is 31.1. The van der Waals surface area contributed by atoms with Crippen molar-refractivity contribution >= 4 is 26.0 Å². The Kier molecular flexibility index (Phi) is 4.73. The topological polar surface area (TPSA) is 46.6 Å². The monoisotopic (exact) mass is 319 g/mol. The van der Waals surface area contributed by atoms with E-state index in [-0.39, 0.29) is 11.4 Å². The largest absolute Gasteiger partial charge is 0.496 e. The predicted octanol–water partition coefficient (Wildman–Crippen LogP) is 2.26. The average Bonchev–Trinajstić information content (AvgIpc) is 2.29. The standard InChI is InChI=1S/C11H14BrNO3S/c1-4-7-13(2)17(14,15)9-5-6-11(16-3)10(12)8-9/h4-6,8H,1,7H2,2-3H3. The first-order chi connectivity index (χ1) is 7.93. The molecule has 1 rings (SSSR count). The van der Waals surface area contributed by atoms with Crippen LogP contribution in [0.1, 0.15) is 0 Å². The minimum Gasteiger partial charge on any atom is -0.496 e. The molecule has 0 aromatic heterocycles. The van der Waals surface area contributed by atoms with Gasteiger partial charge in [-0.05, 0) is 34.1 Å². The van der Waals surface area contributed by atoms with Gasteiger partial charge in [-0.25, -0.2) is 8.42 Å². The van der Waals surface area contributed by atoms with E-state index in [1.807, 2.05) is 0 Å². The first kappa shape index (κ1) is 14.2. The molecular weight excluding hydrogens is 306 g/mol. The van der Waals surface area contributed by atoms with Crippen LogP contribution >= 0.6 is 15.9 Å². The summed E-state index contributed by atoms with van der Waals surface area (Å²) in [6, 6.07) is 4.64. The molecule has 4 nitrogen and oxygen atoms in total. The maximum absolute atomic E-state index is 12.1. The minimum atomic E-state index is -3.47. The lowest BCUT2D eigenvalue weighted by Crippen LogP contribution is -2.26. The highest BCUT2D eigenvalue weighted by Crippen LogP contribution is 2.28. The molecule has 0 aliphatic rings. The van der Waals surface area contributed by atoms with Crippen molar-refractivity contribution in [3.63, 3.8) is 0 Å². The van der Waals surface area contributed by atoms with Gasteiger partial charge >= 0.3 is 0 Å². The molecule has 1 aromatic rings. The van der Waals surface area contributed by atoms with E-state index in [9.17, 15) is 8.42 Å². The maximum atomic E-state index is 12.1. The normalized spacial score (nSPS) is 11.5. The summed E-state index contributed by atoms with van der Waals surface area (Å²) in [5, 5.41) is 0. The molecule has 0 amide bonds. The Balaban J connectivity index is 3.16. The molecular formula is C11H14BrNO3S. The Morgan fingerprint density at radius 3 is 2.65 bits per heavy atom. The van der Waals surface area contributed by atoms with Gasteiger partial charge in [0.2, 0.25) is 10.0 Å². The Hall–Kier alpha value is -0.850. The summed E-state index contributed by atoms with van der Waals surface area (Å²) in [7, 11) is -0.437. The van der Waals surface area contributed by atoms with Gasteiger partial charge in [0.15, 0.2) is 0 Å². The molecule has 0 atom stereocenters. The number of halogens is 1. The van der Waals surface area contributed by atoms with Crippen LogP contribution in [0.4, 0.5) is 0 Å². The molecule has 0 saturated heterocycles. The van der Waals surface area contributed by atoms with Gasteiger partial charge in [-0.1, -0.05) is 6.08 Å². The van der Waals surface area contributed by atoms with Crippen molar-refractivity contribution in [2.45, 2.75) is 4.90 Å². The van der Waals surface area contributed by atoms with Crippen molar-refractivity contribution in [3.8, 4) is 5.75 Å². The fourth-order valence-electron chi connectivity index (χ4n) is 1.27. The first-order valence-corrected chi connectivity index (χ1v) is 7.07. The lowest BCUT2D eigenvalue weighted by molar-refractivity contribution is 0.411. The molecule has 0 spiro atoms. The van der Waals surface area contributed by atoms with Gasteiger partial charge in [-0.15, -0.1) is 6.58 Å². The zero-order valence-corrected chi connectivity index (χ0v) is 12.1. The van der Waals surface area contributed by atoms with Crippen LogP contribution in [-0.4, -0.2) is 33.4 Å². The van der Waals surface area contributed by atoms with E-state index in [1.54, 1.807) is 6.07 Å².